The molecule has 0 aromatic carbocycles. The molecule has 5 saturated heterocycles. The zero-order chi connectivity index (χ0) is 64.8. The highest BCUT2D eigenvalue weighted by molar-refractivity contribution is 7.88. The summed E-state index contributed by atoms with van der Waals surface area (Å²) in [5.41, 5.74) is 0. The maximum Gasteiger partial charge on any atom is 0.388 e. The Labute approximate surface area is 477 Å². The van der Waals surface area contributed by atoms with Crippen molar-refractivity contribution in [3.05, 3.63) is 0 Å². The summed E-state index contributed by atoms with van der Waals surface area (Å²) in [6.07, 6.45) is -31.5. The van der Waals surface area contributed by atoms with Crippen LogP contribution in [-0.2, 0) is 89.2 Å². The Morgan fingerprint density at radius 2 is 0.663 bits per heavy atom. The minimum Gasteiger partial charge on any atom is -0.411 e. The smallest absolute Gasteiger partial charge is 0.388 e. The van der Waals surface area contributed by atoms with Gasteiger partial charge < -0.3 is 22.8 Å². The molecule has 0 saturated carbocycles. The van der Waals surface area contributed by atoms with E-state index in [1.165, 1.54) is 6.55 Å². The second-order valence-electron chi connectivity index (χ2n) is 21.5. The van der Waals surface area contributed by atoms with Crippen molar-refractivity contribution in [1.82, 2.24) is 0 Å². The standard InChI is InChI=1S/C12H20F6O4SSi.C10H16F6O4SSi.C8H15F3O4SSi.C6H14O4SSi.C3H6O4S/c1-2-5-24(6-3-11(13,14)15,7-4-12(16,17)18)22-10-8-21-23(19,20)9-10;1-22(4-2-9(11,12)13,5-3-10(14,15)16)20-8-6-19-21(17,18)7-8;1-17(2,4-3-8(9,10)11)15-7-5-14-16(12,13)6-7;1-12(2,3)10-6-4-9-11(7,8)5-6;4-3-1-7-8(5,6)2-3/h10H,2-9H2,1H3;8H,2-7H2,1H3;7H,3-6H2,1-2H3;6H,4-5H2,1-3H3;3-4H,1-2H2. The highest BCUT2D eigenvalue weighted by Crippen LogP contribution is 2.39. The first-order valence-corrected chi connectivity index (χ1v) is 44.7. The van der Waals surface area contributed by atoms with Crippen LogP contribution in [0.1, 0.15) is 45.4 Å². The second kappa shape index (κ2) is 31.3. The van der Waals surface area contributed by atoms with Crippen LogP contribution in [0.2, 0.25) is 75.5 Å². The van der Waals surface area contributed by atoms with Crippen molar-refractivity contribution >= 4 is 83.9 Å². The van der Waals surface area contributed by atoms with Crippen LogP contribution in [0.5, 0.6) is 0 Å². The topological polar surface area (TPSA) is 274 Å². The van der Waals surface area contributed by atoms with E-state index in [1.54, 1.807) is 20.0 Å². The molecular weight excluding hydrogens is 1350 g/mol. The molecule has 0 amide bonds. The maximum atomic E-state index is 12.6. The average Bonchev–Trinajstić information content (AvgIpc) is 4.06. The van der Waals surface area contributed by atoms with Gasteiger partial charge in [0.05, 0.1) is 63.6 Å². The van der Waals surface area contributed by atoms with E-state index in [1.807, 2.05) is 19.6 Å². The fourth-order valence-corrected chi connectivity index (χ4v) is 24.2. The summed E-state index contributed by atoms with van der Waals surface area (Å²) >= 11 is 0. The third-order valence-corrected chi connectivity index (χ3v) is 29.3. The third-order valence-electron chi connectivity index (χ3n) is 11.3. The molecule has 0 radical (unpaired) electrons. The molecule has 5 rings (SSSR count). The number of aliphatic hydroxyl groups excluding tert-OH is 1. The minimum absolute atomic E-state index is 0.0112. The largest absolute Gasteiger partial charge is 0.411 e. The molecular formula is C39H71F15O20S5Si4. The highest BCUT2D eigenvalue weighted by atomic mass is 32.2. The van der Waals surface area contributed by atoms with Crippen LogP contribution in [0.15, 0.2) is 0 Å². The fraction of sp³-hybridized carbons (Fsp3) is 1.00. The summed E-state index contributed by atoms with van der Waals surface area (Å²) in [6, 6.07) is -2.11. The highest BCUT2D eigenvalue weighted by Gasteiger charge is 2.47. The monoisotopic (exact) mass is 1420 g/mol. The van der Waals surface area contributed by atoms with E-state index in [0.29, 0.717) is 6.42 Å². The Morgan fingerprint density at radius 1 is 0.386 bits per heavy atom. The normalized spacial score (nSPS) is 25.2. The first-order valence-electron chi connectivity index (χ1n) is 24.9. The van der Waals surface area contributed by atoms with E-state index in [4.69, 9.17) is 22.8 Å². The molecule has 5 atom stereocenters. The maximum absolute atomic E-state index is 12.6. The van der Waals surface area contributed by atoms with Crippen LogP contribution in [0.25, 0.3) is 0 Å². The van der Waals surface area contributed by atoms with Crippen LogP contribution < -0.4 is 0 Å². The van der Waals surface area contributed by atoms with Gasteiger partial charge in [-0.25, -0.2) is 0 Å². The molecule has 1 N–H and O–H groups in total. The van der Waals surface area contributed by atoms with Crippen molar-refractivity contribution in [3.63, 3.8) is 0 Å². The van der Waals surface area contributed by atoms with Crippen molar-refractivity contribution in [2.45, 2.75) is 182 Å². The number of hydrogen-bond donors (Lipinski definition) is 1. The fourth-order valence-electron chi connectivity index (χ4n) is 7.81. The Kier molecular flexibility index (Phi) is 30.2. The van der Waals surface area contributed by atoms with Crippen LogP contribution in [-0.4, -0.2) is 204 Å². The summed E-state index contributed by atoms with van der Waals surface area (Å²) in [5.74, 6) is -1.60. The SMILES string of the molecule is CCC[Si](CCC(F)(F)F)(CCC(F)(F)F)OC1COS(=O)(=O)C1.C[Si](C)(C)OC1COS(=O)(=O)C1.C[Si](C)(CCC(F)(F)F)OC1COS(=O)(=O)C1.C[Si](CCC(F)(F)F)(CCC(F)(F)F)OC1COS(=O)(=O)C1.O=S1(=O)CC(O)CO1. The number of rotatable bonds is 20. The third kappa shape index (κ3) is 39.7. The number of halogens is 15. The molecule has 498 valence electrons. The summed E-state index contributed by atoms with van der Waals surface area (Å²) in [5, 5.41) is 8.56. The molecule has 5 fully saturated rings. The lowest BCUT2D eigenvalue weighted by Crippen LogP contribution is -2.44. The zero-order valence-electron chi connectivity index (χ0n) is 45.9. The van der Waals surface area contributed by atoms with Gasteiger partial charge in [-0.15, -0.1) is 0 Å². The van der Waals surface area contributed by atoms with Crippen molar-refractivity contribution < 1.29 is 152 Å². The van der Waals surface area contributed by atoms with Crippen molar-refractivity contribution in [1.29, 1.82) is 0 Å². The lowest BCUT2D eigenvalue weighted by Gasteiger charge is -2.34. The predicted octanol–water partition coefficient (Wildman–Crippen LogP) is 8.37. The molecule has 83 heavy (non-hydrogen) atoms. The number of aliphatic hydroxyl groups is 1. The molecule has 0 aliphatic carbocycles. The summed E-state index contributed by atoms with van der Waals surface area (Å²) in [6.45, 7) is 11.5. The van der Waals surface area contributed by atoms with Gasteiger partial charge >= 0.3 is 30.9 Å². The quantitative estimate of drug-likeness (QED) is 0.0681. The van der Waals surface area contributed by atoms with Crippen molar-refractivity contribution in [2.75, 3.05) is 61.8 Å². The first kappa shape index (κ1) is 80.2. The van der Waals surface area contributed by atoms with Crippen molar-refractivity contribution in [3.8, 4) is 0 Å². The molecule has 44 heteroatoms. The van der Waals surface area contributed by atoms with Gasteiger partial charge in [-0.1, -0.05) is 13.3 Å². The number of alkyl halides is 15. The molecule has 0 aromatic rings. The first-order chi connectivity index (χ1) is 36.8. The van der Waals surface area contributed by atoms with E-state index in [9.17, 15) is 108 Å². The molecule has 20 nitrogen and oxygen atoms in total. The Morgan fingerprint density at radius 3 is 0.916 bits per heavy atom. The number of hydrogen-bond acceptors (Lipinski definition) is 20. The molecule has 5 aliphatic heterocycles. The van der Waals surface area contributed by atoms with Gasteiger partial charge in [0, 0.05) is 32.1 Å². The van der Waals surface area contributed by atoms with E-state index in [-0.39, 0.29) is 68.5 Å². The molecule has 5 unspecified atom stereocenters. The summed E-state index contributed by atoms with van der Waals surface area (Å²) in [4.78, 5) is 0. The van der Waals surface area contributed by atoms with Crippen LogP contribution in [0.4, 0.5) is 65.9 Å². The van der Waals surface area contributed by atoms with Gasteiger partial charge in [0.25, 0.3) is 50.6 Å². The molecule has 5 heterocycles. The molecule has 0 bridgehead atoms. The average molecular weight is 1420 g/mol. The molecule has 5 aliphatic rings. The van der Waals surface area contributed by atoms with Gasteiger partial charge in [0.15, 0.2) is 33.3 Å². The van der Waals surface area contributed by atoms with Crippen LogP contribution in [0.3, 0.4) is 0 Å². The zero-order valence-corrected chi connectivity index (χ0v) is 53.9. The Balaban J connectivity index is 0.000000540. The van der Waals surface area contributed by atoms with Crippen LogP contribution >= 0.6 is 0 Å². The summed E-state index contributed by atoms with van der Waals surface area (Å²) < 4.78 is 339. The van der Waals surface area contributed by atoms with E-state index >= 15 is 0 Å². The second-order valence-corrected chi connectivity index (χ2v) is 46.9. The van der Waals surface area contributed by atoms with E-state index < -0.39 is 207 Å². The summed E-state index contributed by atoms with van der Waals surface area (Å²) in [7, 11) is -28.7. The van der Waals surface area contributed by atoms with Crippen LogP contribution in [0, 0.1) is 0 Å². The predicted molar refractivity (Wildman–Crippen MR) is 275 cm³/mol. The Hall–Kier alpha value is -0.832. The van der Waals surface area contributed by atoms with Gasteiger partial charge in [-0.3, -0.25) is 20.9 Å². The van der Waals surface area contributed by atoms with Crippen molar-refractivity contribution in [2.24, 2.45) is 0 Å². The Bertz CT molecular complexity index is 2540. The van der Waals surface area contributed by atoms with E-state index in [0.717, 1.165) is 0 Å². The lowest BCUT2D eigenvalue weighted by molar-refractivity contribution is -0.134. The van der Waals surface area contributed by atoms with Gasteiger partial charge in [0.2, 0.25) is 0 Å². The minimum atomic E-state index is -4.51. The van der Waals surface area contributed by atoms with E-state index in [2.05, 4.69) is 20.9 Å². The molecule has 0 aromatic heterocycles. The van der Waals surface area contributed by atoms with Gasteiger partial charge in [0.1, 0.15) is 28.8 Å². The lowest BCUT2D eigenvalue weighted by atomic mass is 10.4. The molecule has 0 spiro atoms. The van der Waals surface area contributed by atoms with Gasteiger partial charge in [-0.05, 0) is 75.5 Å². The van der Waals surface area contributed by atoms with Gasteiger partial charge in [-0.2, -0.15) is 108 Å².